The van der Waals surface area contributed by atoms with Gasteiger partial charge in [-0.05, 0) is 37.3 Å². The van der Waals surface area contributed by atoms with E-state index in [9.17, 15) is 18.4 Å². The minimum atomic E-state index is -1.25. The van der Waals surface area contributed by atoms with E-state index in [1.165, 1.54) is 13.0 Å². The van der Waals surface area contributed by atoms with E-state index < -0.39 is 29.6 Å². The van der Waals surface area contributed by atoms with Gasteiger partial charge >= 0.3 is 5.97 Å². The Bertz CT molecular complexity index is 799. The van der Waals surface area contributed by atoms with Crippen molar-refractivity contribution in [2.24, 2.45) is 0 Å². The van der Waals surface area contributed by atoms with Crippen LogP contribution in [0.4, 0.5) is 14.5 Å². The quantitative estimate of drug-likeness (QED) is 0.635. The number of carbonyl (C=O) groups excluding carboxylic acids is 2. The Morgan fingerprint density at radius 2 is 1.79 bits per heavy atom. The zero-order valence-electron chi connectivity index (χ0n) is 12.3. The number of nitrogens with one attached hydrogen (secondary N) is 1. The Kier molecular flexibility index (Phi) is 5.75. The van der Waals surface area contributed by atoms with E-state index in [1.807, 2.05) is 0 Å². The van der Waals surface area contributed by atoms with E-state index in [0.717, 1.165) is 0 Å². The SMILES string of the molecule is C[C@@H](OC(=O)c1cc(F)c(F)cc1Cl)C(=O)Nc1cccc(Cl)c1. The molecule has 0 aliphatic heterocycles. The van der Waals surface area contributed by atoms with Crippen LogP contribution in [0.3, 0.4) is 0 Å². The van der Waals surface area contributed by atoms with Crippen LogP contribution in [0.15, 0.2) is 36.4 Å². The standard InChI is InChI=1S/C16H11Cl2F2NO3/c1-8(15(22)21-10-4-2-3-9(17)5-10)24-16(23)11-6-13(19)14(20)7-12(11)18/h2-8H,1H3,(H,21,22)/t8-/m1/s1. The number of carbonyl (C=O) groups is 2. The second-order valence-corrected chi connectivity index (χ2v) is 5.64. The second-order valence-electron chi connectivity index (χ2n) is 4.79. The summed E-state index contributed by atoms with van der Waals surface area (Å²) in [6.07, 6.45) is -1.19. The normalized spacial score (nSPS) is 11.7. The number of anilines is 1. The average molecular weight is 374 g/mol. The number of rotatable bonds is 4. The molecule has 2 aromatic rings. The zero-order chi connectivity index (χ0) is 17.9. The molecule has 2 aromatic carbocycles. The molecule has 0 spiro atoms. The highest BCUT2D eigenvalue weighted by molar-refractivity contribution is 6.33. The van der Waals surface area contributed by atoms with Gasteiger partial charge in [-0.2, -0.15) is 0 Å². The lowest BCUT2D eigenvalue weighted by Crippen LogP contribution is -2.30. The van der Waals surface area contributed by atoms with Gasteiger partial charge in [0.1, 0.15) is 0 Å². The molecule has 2 rings (SSSR count). The molecule has 4 nitrogen and oxygen atoms in total. The Morgan fingerprint density at radius 3 is 2.46 bits per heavy atom. The summed E-state index contributed by atoms with van der Waals surface area (Å²) >= 11 is 11.5. The number of amides is 1. The molecule has 0 bridgehead atoms. The van der Waals surface area contributed by atoms with Crippen LogP contribution in [0.1, 0.15) is 17.3 Å². The fraction of sp³-hybridized carbons (Fsp3) is 0.125. The van der Waals surface area contributed by atoms with Crippen LogP contribution >= 0.6 is 23.2 Å². The molecule has 0 aromatic heterocycles. The maximum absolute atomic E-state index is 13.2. The van der Waals surface area contributed by atoms with Crippen LogP contribution in [0.2, 0.25) is 10.0 Å². The summed E-state index contributed by atoms with van der Waals surface area (Å²) in [6.45, 7) is 1.32. The van der Waals surface area contributed by atoms with Gasteiger partial charge in [0.25, 0.3) is 5.91 Å². The Labute approximate surface area is 146 Å². The van der Waals surface area contributed by atoms with Crippen LogP contribution in [0.5, 0.6) is 0 Å². The highest BCUT2D eigenvalue weighted by Gasteiger charge is 2.22. The molecule has 0 saturated carbocycles. The molecule has 1 amide bonds. The highest BCUT2D eigenvalue weighted by Crippen LogP contribution is 2.21. The maximum Gasteiger partial charge on any atom is 0.340 e. The van der Waals surface area contributed by atoms with E-state index in [4.69, 9.17) is 27.9 Å². The molecule has 24 heavy (non-hydrogen) atoms. The summed E-state index contributed by atoms with van der Waals surface area (Å²) in [5.41, 5.74) is 0.0410. The average Bonchev–Trinajstić information content (AvgIpc) is 2.50. The molecular weight excluding hydrogens is 363 g/mol. The smallest absolute Gasteiger partial charge is 0.340 e. The summed E-state index contributed by atoms with van der Waals surface area (Å²) in [5, 5.41) is 2.61. The van der Waals surface area contributed by atoms with Gasteiger partial charge in [-0.25, -0.2) is 13.6 Å². The monoisotopic (exact) mass is 373 g/mol. The summed E-state index contributed by atoms with van der Waals surface area (Å²) in [7, 11) is 0. The van der Waals surface area contributed by atoms with Gasteiger partial charge in [-0.1, -0.05) is 29.3 Å². The van der Waals surface area contributed by atoms with Crippen molar-refractivity contribution in [1.82, 2.24) is 0 Å². The van der Waals surface area contributed by atoms with Crippen molar-refractivity contribution >= 4 is 40.8 Å². The van der Waals surface area contributed by atoms with Crippen molar-refractivity contribution in [3.63, 3.8) is 0 Å². The predicted molar refractivity (Wildman–Crippen MR) is 86.3 cm³/mol. The molecule has 0 aliphatic carbocycles. The number of esters is 1. The first kappa shape index (κ1) is 18.2. The molecule has 0 unspecified atom stereocenters. The van der Waals surface area contributed by atoms with Crippen molar-refractivity contribution in [2.75, 3.05) is 5.32 Å². The molecule has 1 atom stereocenters. The third-order valence-electron chi connectivity index (χ3n) is 2.98. The topological polar surface area (TPSA) is 55.4 Å². The van der Waals surface area contributed by atoms with Crippen molar-refractivity contribution in [2.45, 2.75) is 13.0 Å². The fourth-order valence-electron chi connectivity index (χ4n) is 1.77. The minimum absolute atomic E-state index is 0.318. The maximum atomic E-state index is 13.2. The first-order valence-electron chi connectivity index (χ1n) is 6.70. The number of ether oxygens (including phenoxy) is 1. The summed E-state index contributed by atoms with van der Waals surface area (Å²) in [4.78, 5) is 24.0. The van der Waals surface area contributed by atoms with Gasteiger partial charge in [-0.3, -0.25) is 4.79 Å². The molecule has 0 fully saturated rings. The van der Waals surface area contributed by atoms with Crippen LogP contribution < -0.4 is 5.32 Å². The van der Waals surface area contributed by atoms with Gasteiger partial charge in [0.05, 0.1) is 10.6 Å². The predicted octanol–water partition coefficient (Wildman–Crippen LogP) is 4.46. The van der Waals surface area contributed by atoms with Crippen molar-refractivity contribution < 1.29 is 23.1 Å². The molecule has 0 radical (unpaired) electrons. The van der Waals surface area contributed by atoms with Gasteiger partial charge in [0, 0.05) is 10.7 Å². The van der Waals surface area contributed by atoms with Gasteiger partial charge in [0.2, 0.25) is 0 Å². The largest absolute Gasteiger partial charge is 0.449 e. The lowest BCUT2D eigenvalue weighted by Gasteiger charge is -2.14. The van der Waals surface area contributed by atoms with E-state index in [-0.39, 0.29) is 10.6 Å². The lowest BCUT2D eigenvalue weighted by molar-refractivity contribution is -0.123. The van der Waals surface area contributed by atoms with Crippen molar-refractivity contribution in [1.29, 1.82) is 0 Å². The molecule has 1 N–H and O–H groups in total. The molecular formula is C16H11Cl2F2NO3. The summed E-state index contributed by atoms with van der Waals surface area (Å²) in [6, 6.07) is 7.65. The Morgan fingerprint density at radius 1 is 1.12 bits per heavy atom. The van der Waals surface area contributed by atoms with Gasteiger partial charge in [0.15, 0.2) is 17.7 Å². The second kappa shape index (κ2) is 7.59. The van der Waals surface area contributed by atoms with Crippen LogP contribution in [-0.2, 0) is 9.53 Å². The molecule has 126 valence electrons. The van der Waals surface area contributed by atoms with Gasteiger partial charge in [-0.15, -0.1) is 0 Å². The zero-order valence-corrected chi connectivity index (χ0v) is 13.8. The van der Waals surface area contributed by atoms with Crippen LogP contribution in [0, 0.1) is 11.6 Å². The molecule has 0 saturated heterocycles. The Hall–Kier alpha value is -2.18. The third kappa shape index (κ3) is 4.43. The summed E-state index contributed by atoms with van der Waals surface area (Å²) in [5.74, 6) is -4.11. The number of hydrogen-bond acceptors (Lipinski definition) is 3. The third-order valence-corrected chi connectivity index (χ3v) is 3.52. The van der Waals surface area contributed by atoms with E-state index in [2.05, 4.69) is 5.32 Å². The van der Waals surface area contributed by atoms with Crippen molar-refractivity contribution in [3.05, 3.63) is 63.6 Å². The number of benzene rings is 2. The lowest BCUT2D eigenvalue weighted by atomic mass is 10.2. The minimum Gasteiger partial charge on any atom is -0.449 e. The van der Waals surface area contributed by atoms with Gasteiger partial charge < -0.3 is 10.1 Å². The highest BCUT2D eigenvalue weighted by atomic mass is 35.5. The fourth-order valence-corrected chi connectivity index (χ4v) is 2.18. The molecule has 0 aliphatic rings. The van der Waals surface area contributed by atoms with Crippen LogP contribution in [0.25, 0.3) is 0 Å². The van der Waals surface area contributed by atoms with E-state index in [0.29, 0.717) is 22.8 Å². The molecule has 0 heterocycles. The van der Waals surface area contributed by atoms with E-state index >= 15 is 0 Å². The molecule has 8 heteroatoms. The summed E-state index contributed by atoms with van der Waals surface area (Å²) < 4.78 is 31.1. The Balaban J connectivity index is 2.06. The van der Waals surface area contributed by atoms with E-state index in [1.54, 1.807) is 18.2 Å². The van der Waals surface area contributed by atoms with Crippen LogP contribution in [-0.4, -0.2) is 18.0 Å². The number of halogens is 4. The first-order valence-corrected chi connectivity index (χ1v) is 7.45. The first-order chi connectivity index (χ1) is 11.3. The van der Waals surface area contributed by atoms with Crippen molar-refractivity contribution in [3.8, 4) is 0 Å². The number of hydrogen-bond donors (Lipinski definition) is 1.